The molecule has 0 bridgehead atoms. The van der Waals surface area contributed by atoms with E-state index < -0.39 is 10.0 Å². The Balaban J connectivity index is 1.60. The van der Waals surface area contributed by atoms with Crippen LogP contribution in [-0.4, -0.2) is 66.1 Å². The number of ether oxygens (including phenoxy) is 1. The zero-order chi connectivity index (χ0) is 20.1. The Hall–Kier alpha value is -2.39. The summed E-state index contributed by atoms with van der Waals surface area (Å²) in [4.78, 5) is 14.6. The molecule has 152 valence electrons. The van der Waals surface area contributed by atoms with Gasteiger partial charge in [0.1, 0.15) is 10.6 Å². The van der Waals surface area contributed by atoms with Crippen molar-refractivity contribution in [1.29, 1.82) is 0 Å². The van der Waals surface area contributed by atoms with Crippen molar-refractivity contribution in [2.75, 3.05) is 32.8 Å². The second-order valence-corrected chi connectivity index (χ2v) is 8.68. The van der Waals surface area contributed by atoms with Gasteiger partial charge < -0.3 is 9.64 Å². The van der Waals surface area contributed by atoms with Crippen LogP contribution in [0.2, 0.25) is 0 Å². The van der Waals surface area contributed by atoms with Crippen LogP contribution < -0.4 is 4.74 Å². The van der Waals surface area contributed by atoms with Crippen LogP contribution >= 0.6 is 0 Å². The van der Waals surface area contributed by atoms with E-state index in [0.29, 0.717) is 39.1 Å². The molecular formula is C19H26N4O4S. The Morgan fingerprint density at radius 1 is 1.14 bits per heavy atom. The molecule has 0 atom stereocenters. The molecule has 1 fully saturated rings. The highest BCUT2D eigenvalue weighted by atomic mass is 32.2. The third kappa shape index (κ3) is 4.71. The lowest BCUT2D eigenvalue weighted by molar-refractivity contribution is -0.130. The lowest BCUT2D eigenvalue weighted by Crippen LogP contribution is -2.37. The average Bonchev–Trinajstić information content (AvgIpc) is 2.96. The molecule has 1 aliphatic rings. The number of benzene rings is 1. The normalized spacial score (nSPS) is 16.0. The molecule has 9 heteroatoms. The zero-order valence-corrected chi connectivity index (χ0v) is 17.1. The fourth-order valence-corrected chi connectivity index (χ4v) is 4.68. The molecule has 2 aromatic rings. The standard InChI is InChI=1S/C19H26N4O4S/c1-3-27-17-7-5-16(6-8-17)13-19(24)22-9-4-10-23(12-11-22)28(25,26)18-14-20-21(2)15-18/h5-8,14-15H,3-4,9-13H2,1-2H3. The molecule has 0 aliphatic carbocycles. The van der Waals surface area contributed by atoms with E-state index in [1.807, 2.05) is 31.2 Å². The first-order valence-electron chi connectivity index (χ1n) is 9.38. The quantitative estimate of drug-likeness (QED) is 0.722. The van der Waals surface area contributed by atoms with Gasteiger partial charge in [-0.2, -0.15) is 9.40 Å². The largest absolute Gasteiger partial charge is 0.494 e. The lowest BCUT2D eigenvalue weighted by Gasteiger charge is -2.21. The van der Waals surface area contributed by atoms with Crippen LogP contribution in [0.5, 0.6) is 5.75 Å². The Morgan fingerprint density at radius 3 is 2.54 bits per heavy atom. The molecule has 1 saturated heterocycles. The third-order valence-electron chi connectivity index (χ3n) is 4.72. The van der Waals surface area contributed by atoms with E-state index in [2.05, 4.69) is 5.10 Å². The maximum absolute atomic E-state index is 12.8. The van der Waals surface area contributed by atoms with Gasteiger partial charge in [0.05, 0.1) is 19.2 Å². The molecule has 28 heavy (non-hydrogen) atoms. The van der Waals surface area contributed by atoms with E-state index in [9.17, 15) is 13.2 Å². The summed E-state index contributed by atoms with van der Waals surface area (Å²) in [5.74, 6) is 0.787. The predicted octanol–water partition coefficient (Wildman–Crippen LogP) is 1.28. The number of aromatic nitrogens is 2. The molecule has 1 amide bonds. The van der Waals surface area contributed by atoms with Crippen LogP contribution in [-0.2, 0) is 28.3 Å². The second kappa shape index (κ2) is 8.74. The van der Waals surface area contributed by atoms with Gasteiger partial charge in [-0.25, -0.2) is 8.42 Å². The summed E-state index contributed by atoms with van der Waals surface area (Å²) >= 11 is 0. The van der Waals surface area contributed by atoms with E-state index in [1.165, 1.54) is 21.4 Å². The number of aryl methyl sites for hydroxylation is 1. The van der Waals surface area contributed by atoms with Gasteiger partial charge in [0.25, 0.3) is 0 Å². The molecule has 1 aromatic heterocycles. The van der Waals surface area contributed by atoms with Crippen LogP contribution in [0.15, 0.2) is 41.6 Å². The molecule has 1 aromatic carbocycles. The highest BCUT2D eigenvalue weighted by Gasteiger charge is 2.29. The molecule has 1 aliphatic heterocycles. The van der Waals surface area contributed by atoms with E-state index in [0.717, 1.165) is 11.3 Å². The van der Waals surface area contributed by atoms with Crippen LogP contribution in [0.25, 0.3) is 0 Å². The Bertz CT molecular complexity index is 908. The topological polar surface area (TPSA) is 84.7 Å². The highest BCUT2D eigenvalue weighted by Crippen LogP contribution is 2.18. The predicted molar refractivity (Wildman–Crippen MR) is 104 cm³/mol. The van der Waals surface area contributed by atoms with Gasteiger partial charge in [0.15, 0.2) is 0 Å². The minimum absolute atomic E-state index is 0.00443. The molecule has 0 spiro atoms. The van der Waals surface area contributed by atoms with Crippen molar-refractivity contribution >= 4 is 15.9 Å². The fraction of sp³-hybridized carbons (Fsp3) is 0.474. The van der Waals surface area contributed by atoms with Gasteiger partial charge >= 0.3 is 0 Å². The summed E-state index contributed by atoms with van der Waals surface area (Å²) in [5, 5.41) is 3.95. The van der Waals surface area contributed by atoms with Crippen molar-refractivity contribution in [1.82, 2.24) is 19.0 Å². The van der Waals surface area contributed by atoms with Gasteiger partial charge in [-0.1, -0.05) is 12.1 Å². The van der Waals surface area contributed by atoms with Gasteiger partial charge in [-0.3, -0.25) is 9.48 Å². The number of rotatable bonds is 6. The van der Waals surface area contributed by atoms with Crippen molar-refractivity contribution in [2.45, 2.75) is 24.7 Å². The summed E-state index contributed by atoms with van der Waals surface area (Å²) in [6.07, 6.45) is 3.75. The van der Waals surface area contributed by atoms with E-state index in [4.69, 9.17) is 4.74 Å². The monoisotopic (exact) mass is 406 g/mol. The summed E-state index contributed by atoms with van der Waals surface area (Å²) in [5.41, 5.74) is 0.914. The molecule has 0 N–H and O–H groups in total. The van der Waals surface area contributed by atoms with Gasteiger partial charge in [0.2, 0.25) is 15.9 Å². The number of hydrogen-bond donors (Lipinski definition) is 0. The van der Waals surface area contributed by atoms with Crippen molar-refractivity contribution in [3.8, 4) is 5.75 Å². The van der Waals surface area contributed by atoms with Crippen molar-refractivity contribution in [3.63, 3.8) is 0 Å². The Kier molecular flexibility index (Phi) is 6.35. The number of amides is 1. The van der Waals surface area contributed by atoms with Gasteiger partial charge in [-0.05, 0) is 31.0 Å². The smallest absolute Gasteiger partial charge is 0.246 e. The van der Waals surface area contributed by atoms with Crippen LogP contribution in [0.3, 0.4) is 0 Å². The highest BCUT2D eigenvalue weighted by molar-refractivity contribution is 7.89. The molecule has 2 heterocycles. The van der Waals surface area contributed by atoms with Crippen molar-refractivity contribution < 1.29 is 17.9 Å². The first-order chi connectivity index (χ1) is 13.4. The molecule has 0 unspecified atom stereocenters. The first-order valence-corrected chi connectivity index (χ1v) is 10.8. The van der Waals surface area contributed by atoms with Gasteiger partial charge in [-0.15, -0.1) is 0 Å². The zero-order valence-electron chi connectivity index (χ0n) is 16.2. The number of carbonyl (C=O) groups is 1. The summed E-state index contributed by atoms with van der Waals surface area (Å²) in [6.45, 7) is 4.14. The minimum atomic E-state index is -3.58. The number of hydrogen-bond acceptors (Lipinski definition) is 5. The van der Waals surface area contributed by atoms with E-state index in [-0.39, 0.29) is 17.3 Å². The molecule has 0 radical (unpaired) electrons. The van der Waals surface area contributed by atoms with Gasteiger partial charge in [0, 0.05) is 39.4 Å². The first kappa shape index (κ1) is 20.3. The molecule has 8 nitrogen and oxygen atoms in total. The molecular weight excluding hydrogens is 380 g/mol. The van der Waals surface area contributed by atoms with Crippen LogP contribution in [0, 0.1) is 0 Å². The molecule has 0 saturated carbocycles. The minimum Gasteiger partial charge on any atom is -0.494 e. The maximum Gasteiger partial charge on any atom is 0.246 e. The maximum atomic E-state index is 12.8. The summed E-state index contributed by atoms with van der Waals surface area (Å²) < 4.78 is 33.9. The number of nitrogens with zero attached hydrogens (tertiary/aromatic N) is 4. The third-order valence-corrected chi connectivity index (χ3v) is 6.57. The summed E-state index contributed by atoms with van der Waals surface area (Å²) in [7, 11) is -1.90. The molecule has 3 rings (SSSR count). The number of carbonyl (C=O) groups excluding carboxylic acids is 1. The number of sulfonamides is 1. The van der Waals surface area contributed by atoms with Crippen LogP contribution in [0.4, 0.5) is 0 Å². The Labute approximate surface area is 165 Å². The van der Waals surface area contributed by atoms with E-state index in [1.54, 1.807) is 11.9 Å². The lowest BCUT2D eigenvalue weighted by atomic mass is 10.1. The fourth-order valence-electron chi connectivity index (χ4n) is 3.22. The van der Waals surface area contributed by atoms with Crippen LogP contribution in [0.1, 0.15) is 18.9 Å². The van der Waals surface area contributed by atoms with Crippen molar-refractivity contribution in [2.24, 2.45) is 7.05 Å². The second-order valence-electron chi connectivity index (χ2n) is 6.74. The van der Waals surface area contributed by atoms with Crippen molar-refractivity contribution in [3.05, 3.63) is 42.2 Å². The summed E-state index contributed by atoms with van der Waals surface area (Å²) in [6, 6.07) is 7.49. The Morgan fingerprint density at radius 2 is 1.89 bits per heavy atom. The SMILES string of the molecule is CCOc1ccc(CC(=O)N2CCCN(S(=O)(=O)c3cnn(C)c3)CC2)cc1. The van der Waals surface area contributed by atoms with E-state index >= 15 is 0 Å². The average molecular weight is 407 g/mol.